The number of alkyl halides is 1. The number of carbonyl (C=O) groups is 1. The number of nitrogens with one attached hydrogen (secondary N) is 1. The molecule has 6 nitrogen and oxygen atoms in total. The van der Waals surface area contributed by atoms with Crippen LogP contribution in [0.3, 0.4) is 0 Å². The van der Waals surface area contributed by atoms with Crippen LogP contribution >= 0.6 is 0 Å². The van der Waals surface area contributed by atoms with Crippen LogP contribution in [0.5, 0.6) is 11.5 Å². The molecule has 2 N–H and O–H groups in total. The summed E-state index contributed by atoms with van der Waals surface area (Å²) in [5.74, 6) is 1.01. The van der Waals surface area contributed by atoms with Crippen molar-refractivity contribution in [2.24, 2.45) is 0 Å². The number of aliphatic hydroxyl groups excluding tert-OH is 1. The highest BCUT2D eigenvalue weighted by Gasteiger charge is 2.27. The average Bonchev–Trinajstić information content (AvgIpc) is 3.27. The zero-order valence-corrected chi connectivity index (χ0v) is 18.1. The van der Waals surface area contributed by atoms with Crippen LogP contribution in [0.4, 0.5) is 4.39 Å². The number of rotatable bonds is 10. The van der Waals surface area contributed by atoms with Gasteiger partial charge in [0.25, 0.3) is 0 Å². The number of aryl methyl sites for hydroxylation is 1. The maximum Gasteiger partial charge on any atom is 0.228 e. The number of methoxy groups -OCH3 is 1. The number of ether oxygens (including phenoxy) is 2. The van der Waals surface area contributed by atoms with Gasteiger partial charge in [-0.2, -0.15) is 0 Å². The molecule has 31 heavy (non-hydrogen) atoms. The lowest BCUT2D eigenvalue weighted by molar-refractivity contribution is -0.122. The predicted octanol–water partition coefficient (Wildman–Crippen LogP) is 3.17. The Hall–Kier alpha value is -2.64. The van der Waals surface area contributed by atoms with Gasteiger partial charge in [-0.25, -0.2) is 4.39 Å². The van der Waals surface area contributed by atoms with E-state index >= 15 is 0 Å². The molecule has 1 fully saturated rings. The Morgan fingerprint density at radius 2 is 1.90 bits per heavy atom. The minimum atomic E-state index is -0.888. The summed E-state index contributed by atoms with van der Waals surface area (Å²) in [5.41, 5.74) is 2.47. The van der Waals surface area contributed by atoms with Gasteiger partial charge in [-0.1, -0.05) is 18.2 Å². The van der Waals surface area contributed by atoms with Crippen molar-refractivity contribution >= 4 is 5.91 Å². The molecule has 2 aromatic carbocycles. The molecule has 0 aliphatic carbocycles. The van der Waals surface area contributed by atoms with Gasteiger partial charge in [0.15, 0.2) is 0 Å². The molecule has 0 radical (unpaired) electrons. The summed E-state index contributed by atoms with van der Waals surface area (Å²) in [7, 11) is 1.62. The van der Waals surface area contributed by atoms with Gasteiger partial charge in [-0.05, 0) is 73.8 Å². The molecular formula is C24H31FN2O4. The van der Waals surface area contributed by atoms with Gasteiger partial charge in [0, 0.05) is 6.54 Å². The highest BCUT2D eigenvalue weighted by Crippen LogP contribution is 2.25. The van der Waals surface area contributed by atoms with Crippen molar-refractivity contribution in [3.63, 3.8) is 0 Å². The first-order valence-corrected chi connectivity index (χ1v) is 10.6. The van der Waals surface area contributed by atoms with Crippen molar-refractivity contribution < 1.29 is 23.8 Å². The molecule has 0 spiro atoms. The summed E-state index contributed by atoms with van der Waals surface area (Å²) in [5, 5.41) is 14.1. The Kier molecular flexibility index (Phi) is 8.26. The second-order valence-electron chi connectivity index (χ2n) is 7.93. The number of likely N-dealkylation sites (tertiary alicyclic amines) is 1. The first-order chi connectivity index (χ1) is 15.0. The molecule has 1 amide bonds. The summed E-state index contributed by atoms with van der Waals surface area (Å²) >= 11 is 0. The van der Waals surface area contributed by atoms with Crippen molar-refractivity contribution in [3.8, 4) is 11.5 Å². The number of carbonyl (C=O) groups excluding carboxylic acids is 1. The number of hydrogen-bond donors (Lipinski definition) is 2. The largest absolute Gasteiger partial charge is 0.496 e. The normalized spacial score (nSPS) is 16.0. The molecule has 0 bridgehead atoms. The van der Waals surface area contributed by atoms with E-state index in [0.717, 1.165) is 48.4 Å². The summed E-state index contributed by atoms with van der Waals surface area (Å²) in [6.45, 7) is 3.56. The van der Waals surface area contributed by atoms with E-state index in [0.29, 0.717) is 12.3 Å². The van der Waals surface area contributed by atoms with Crippen molar-refractivity contribution in [1.29, 1.82) is 0 Å². The van der Waals surface area contributed by atoms with Gasteiger partial charge in [-0.3, -0.25) is 4.79 Å². The third kappa shape index (κ3) is 6.42. The minimum Gasteiger partial charge on any atom is -0.496 e. The zero-order valence-electron chi connectivity index (χ0n) is 18.1. The topological polar surface area (TPSA) is 71.0 Å². The van der Waals surface area contributed by atoms with E-state index in [4.69, 9.17) is 9.47 Å². The van der Waals surface area contributed by atoms with E-state index in [1.807, 2.05) is 25.1 Å². The number of hydrogen-bond acceptors (Lipinski definition) is 5. The van der Waals surface area contributed by atoms with Gasteiger partial charge < -0.3 is 24.8 Å². The standard InChI is InChI=1S/C24H31FN2O4/c1-17-13-19(7-10-22(17)30-2)24(29)21(15-27-11-3-4-12-27)26-23(28)14-18-5-8-20(9-6-18)31-16-25/h5-10,13,21,24,29H,3-4,11-12,14-16H2,1-2H3,(H,26,28)/t21-,24-/m1/s1. The van der Waals surface area contributed by atoms with E-state index in [1.165, 1.54) is 0 Å². The fourth-order valence-electron chi connectivity index (χ4n) is 4.00. The SMILES string of the molecule is COc1ccc([C@@H](O)[C@@H](CN2CCCC2)NC(=O)Cc2ccc(OCF)cc2)cc1C. The molecule has 0 unspecified atom stereocenters. The van der Waals surface area contributed by atoms with Gasteiger partial charge in [0.05, 0.1) is 19.6 Å². The first kappa shape index (κ1) is 23.0. The third-order valence-corrected chi connectivity index (χ3v) is 5.65. The van der Waals surface area contributed by atoms with Crippen molar-refractivity contribution in [1.82, 2.24) is 10.2 Å². The van der Waals surface area contributed by atoms with Gasteiger partial charge in [-0.15, -0.1) is 0 Å². The summed E-state index contributed by atoms with van der Waals surface area (Å²) in [6.07, 6.45) is 1.59. The van der Waals surface area contributed by atoms with Crippen LogP contribution in [0.1, 0.15) is 35.6 Å². The Morgan fingerprint density at radius 3 is 2.52 bits per heavy atom. The molecule has 3 rings (SSSR count). The number of aliphatic hydroxyl groups is 1. The van der Waals surface area contributed by atoms with E-state index in [2.05, 4.69) is 10.2 Å². The monoisotopic (exact) mass is 430 g/mol. The van der Waals surface area contributed by atoms with E-state index in [9.17, 15) is 14.3 Å². The molecule has 0 aromatic heterocycles. The second kappa shape index (κ2) is 11.1. The highest BCUT2D eigenvalue weighted by molar-refractivity contribution is 5.79. The summed E-state index contributed by atoms with van der Waals surface area (Å²) in [6, 6.07) is 11.9. The van der Waals surface area contributed by atoms with Gasteiger partial charge >= 0.3 is 0 Å². The third-order valence-electron chi connectivity index (χ3n) is 5.65. The number of nitrogens with zero attached hydrogens (tertiary/aromatic N) is 1. The van der Waals surface area contributed by atoms with E-state index in [-0.39, 0.29) is 12.3 Å². The van der Waals surface area contributed by atoms with Crippen LogP contribution in [0, 0.1) is 6.92 Å². The lowest BCUT2D eigenvalue weighted by atomic mass is 9.99. The fraction of sp³-hybridized carbons (Fsp3) is 0.458. The smallest absolute Gasteiger partial charge is 0.228 e. The lowest BCUT2D eigenvalue weighted by Crippen LogP contribution is -2.47. The number of benzene rings is 2. The quantitative estimate of drug-likeness (QED) is 0.606. The Bertz CT molecular complexity index is 853. The molecule has 1 saturated heterocycles. The maximum absolute atomic E-state index is 12.8. The average molecular weight is 431 g/mol. The van der Waals surface area contributed by atoms with Crippen LogP contribution < -0.4 is 14.8 Å². The molecule has 1 aliphatic heterocycles. The van der Waals surface area contributed by atoms with Gasteiger partial charge in [0.1, 0.15) is 17.6 Å². The molecule has 7 heteroatoms. The summed E-state index contributed by atoms with van der Waals surface area (Å²) in [4.78, 5) is 15.0. The van der Waals surface area contributed by atoms with Crippen molar-refractivity contribution in [2.75, 3.05) is 33.6 Å². The number of amides is 1. The fourth-order valence-corrected chi connectivity index (χ4v) is 4.00. The second-order valence-corrected chi connectivity index (χ2v) is 7.93. The van der Waals surface area contributed by atoms with Crippen LogP contribution in [0.25, 0.3) is 0 Å². The van der Waals surface area contributed by atoms with E-state index < -0.39 is 19.0 Å². The molecule has 2 aromatic rings. The Labute approximate surface area is 183 Å². The van der Waals surface area contributed by atoms with E-state index in [1.54, 1.807) is 31.4 Å². The number of halogens is 1. The van der Waals surface area contributed by atoms with Crippen molar-refractivity contribution in [2.45, 2.75) is 38.3 Å². The van der Waals surface area contributed by atoms with Crippen LogP contribution in [-0.2, 0) is 11.2 Å². The van der Waals surface area contributed by atoms with Crippen LogP contribution in [0.2, 0.25) is 0 Å². The Morgan fingerprint density at radius 1 is 1.19 bits per heavy atom. The molecule has 0 saturated carbocycles. The maximum atomic E-state index is 12.8. The first-order valence-electron chi connectivity index (χ1n) is 10.6. The lowest BCUT2D eigenvalue weighted by Gasteiger charge is -2.29. The molecule has 1 aliphatic rings. The zero-order chi connectivity index (χ0) is 22.2. The van der Waals surface area contributed by atoms with Crippen LogP contribution in [-0.4, -0.2) is 55.6 Å². The highest BCUT2D eigenvalue weighted by atomic mass is 19.1. The Balaban J connectivity index is 1.70. The van der Waals surface area contributed by atoms with Crippen molar-refractivity contribution in [3.05, 3.63) is 59.2 Å². The summed E-state index contributed by atoms with van der Waals surface area (Å²) < 4.78 is 22.4. The molecule has 168 valence electrons. The molecule has 1 heterocycles. The molecule has 2 atom stereocenters. The predicted molar refractivity (Wildman–Crippen MR) is 117 cm³/mol. The minimum absolute atomic E-state index is 0.167. The van der Waals surface area contributed by atoms with Crippen LogP contribution in [0.15, 0.2) is 42.5 Å². The van der Waals surface area contributed by atoms with Gasteiger partial charge in [0.2, 0.25) is 12.8 Å². The molecular weight excluding hydrogens is 399 g/mol.